The van der Waals surface area contributed by atoms with Gasteiger partial charge in [0.15, 0.2) is 5.82 Å². The number of carbonyl (C=O) groups is 2. The molecule has 2 aromatic carbocycles. The van der Waals surface area contributed by atoms with E-state index in [0.29, 0.717) is 50.1 Å². The molecule has 0 fully saturated rings. The zero-order valence-electron chi connectivity index (χ0n) is 19.0. The van der Waals surface area contributed by atoms with Gasteiger partial charge >= 0.3 is 0 Å². The number of amides is 2. The number of carbonyl (C=O) groups excluding carboxylic acids is 2. The number of benzene rings is 2. The van der Waals surface area contributed by atoms with Gasteiger partial charge in [0.05, 0.1) is 6.42 Å². The van der Waals surface area contributed by atoms with Crippen molar-refractivity contribution in [3.05, 3.63) is 71.8 Å². The summed E-state index contributed by atoms with van der Waals surface area (Å²) in [4.78, 5) is 32.4. The highest BCUT2D eigenvalue weighted by molar-refractivity contribution is 5.78. The minimum absolute atomic E-state index is 0.0198. The number of nitrogens with zero attached hydrogens (tertiary/aromatic N) is 2. The Morgan fingerprint density at radius 1 is 0.788 bits per heavy atom. The lowest BCUT2D eigenvalue weighted by molar-refractivity contribution is -0.120. The third-order valence-electron chi connectivity index (χ3n) is 4.80. The molecule has 0 radical (unpaired) electrons. The molecule has 2 amide bonds. The van der Waals surface area contributed by atoms with E-state index in [1.807, 2.05) is 67.6 Å². The minimum Gasteiger partial charge on any atom is -0.368 e. The highest BCUT2D eigenvalue weighted by atomic mass is 16.2. The van der Waals surface area contributed by atoms with Gasteiger partial charge in [0.25, 0.3) is 0 Å². The molecule has 1 heterocycles. The van der Waals surface area contributed by atoms with Crippen LogP contribution in [-0.2, 0) is 16.0 Å². The molecule has 172 valence electrons. The number of nitrogens with one attached hydrogen (secondary N) is 4. The van der Waals surface area contributed by atoms with Crippen molar-refractivity contribution in [2.24, 2.45) is 0 Å². The van der Waals surface area contributed by atoms with Gasteiger partial charge in [0.1, 0.15) is 11.6 Å². The zero-order valence-corrected chi connectivity index (χ0v) is 19.0. The fourth-order valence-electron chi connectivity index (χ4n) is 3.12. The zero-order chi connectivity index (χ0) is 23.5. The molecule has 3 aromatic rings. The molecule has 3 rings (SSSR count). The Hall–Kier alpha value is -3.94. The van der Waals surface area contributed by atoms with Gasteiger partial charge in [-0.25, -0.2) is 9.97 Å². The summed E-state index contributed by atoms with van der Waals surface area (Å²) in [5.74, 6) is 1.80. The maximum absolute atomic E-state index is 12.2. The van der Waals surface area contributed by atoms with Crippen molar-refractivity contribution in [3.63, 3.8) is 0 Å². The van der Waals surface area contributed by atoms with E-state index in [1.165, 1.54) is 12.5 Å². The van der Waals surface area contributed by atoms with Crippen LogP contribution in [0, 0.1) is 6.92 Å². The molecule has 0 saturated heterocycles. The highest BCUT2D eigenvalue weighted by Gasteiger charge is 2.08. The largest absolute Gasteiger partial charge is 0.368 e. The number of aryl methyl sites for hydroxylation is 1. The van der Waals surface area contributed by atoms with Crippen LogP contribution in [-0.4, -0.2) is 48.0 Å². The summed E-state index contributed by atoms with van der Waals surface area (Å²) in [7, 11) is 0. The first kappa shape index (κ1) is 23.7. The smallest absolute Gasteiger partial charge is 0.224 e. The maximum Gasteiger partial charge on any atom is 0.224 e. The van der Waals surface area contributed by atoms with Crippen LogP contribution in [0.1, 0.15) is 18.1 Å². The molecule has 0 bridgehead atoms. The summed E-state index contributed by atoms with van der Waals surface area (Å²) < 4.78 is 0. The molecule has 8 nitrogen and oxygen atoms in total. The molecular formula is C25H30N6O2. The van der Waals surface area contributed by atoms with Gasteiger partial charge in [-0.15, -0.1) is 0 Å². The van der Waals surface area contributed by atoms with Crippen molar-refractivity contribution in [2.75, 3.05) is 36.8 Å². The number of rotatable bonds is 11. The average Bonchev–Trinajstić information content (AvgIpc) is 2.81. The maximum atomic E-state index is 12.2. The van der Waals surface area contributed by atoms with E-state index >= 15 is 0 Å². The van der Waals surface area contributed by atoms with Gasteiger partial charge in [0.2, 0.25) is 11.8 Å². The molecule has 0 spiro atoms. The number of hydrogen-bond acceptors (Lipinski definition) is 6. The van der Waals surface area contributed by atoms with E-state index in [4.69, 9.17) is 0 Å². The van der Waals surface area contributed by atoms with Crippen molar-refractivity contribution < 1.29 is 9.59 Å². The van der Waals surface area contributed by atoms with Gasteiger partial charge in [-0.1, -0.05) is 60.2 Å². The van der Waals surface area contributed by atoms with E-state index in [9.17, 15) is 9.59 Å². The van der Waals surface area contributed by atoms with Crippen molar-refractivity contribution in [1.29, 1.82) is 0 Å². The second-order valence-corrected chi connectivity index (χ2v) is 7.68. The van der Waals surface area contributed by atoms with Crippen molar-refractivity contribution in [2.45, 2.75) is 20.3 Å². The Kier molecular flexibility index (Phi) is 8.76. The van der Waals surface area contributed by atoms with E-state index in [1.54, 1.807) is 0 Å². The van der Waals surface area contributed by atoms with Crippen LogP contribution in [0.4, 0.5) is 11.6 Å². The molecular weight excluding hydrogens is 416 g/mol. The highest BCUT2D eigenvalue weighted by Crippen LogP contribution is 2.19. The van der Waals surface area contributed by atoms with Crippen LogP contribution in [0.2, 0.25) is 0 Å². The summed E-state index contributed by atoms with van der Waals surface area (Å²) in [5, 5.41) is 12.1. The molecule has 0 atom stereocenters. The summed E-state index contributed by atoms with van der Waals surface area (Å²) in [6.45, 7) is 5.54. The van der Waals surface area contributed by atoms with Crippen LogP contribution in [0.5, 0.6) is 0 Å². The van der Waals surface area contributed by atoms with Crippen LogP contribution in [0.3, 0.4) is 0 Å². The molecule has 0 saturated carbocycles. The monoisotopic (exact) mass is 446 g/mol. The van der Waals surface area contributed by atoms with E-state index in [0.717, 1.165) is 11.1 Å². The third-order valence-corrected chi connectivity index (χ3v) is 4.80. The molecule has 0 aliphatic carbocycles. The molecule has 0 unspecified atom stereocenters. The first-order chi connectivity index (χ1) is 16.0. The Morgan fingerprint density at radius 3 is 2.00 bits per heavy atom. The summed E-state index contributed by atoms with van der Waals surface area (Å²) in [6.07, 6.45) is 0.355. The Morgan fingerprint density at radius 2 is 1.39 bits per heavy atom. The van der Waals surface area contributed by atoms with Crippen molar-refractivity contribution in [1.82, 2.24) is 20.6 Å². The van der Waals surface area contributed by atoms with Crippen LogP contribution in [0.15, 0.2) is 60.7 Å². The lowest BCUT2D eigenvalue weighted by Gasteiger charge is -2.12. The van der Waals surface area contributed by atoms with Crippen LogP contribution < -0.4 is 21.3 Å². The fraction of sp³-hybridized carbons (Fsp3) is 0.280. The molecule has 0 aliphatic rings. The van der Waals surface area contributed by atoms with E-state index < -0.39 is 0 Å². The van der Waals surface area contributed by atoms with Crippen LogP contribution in [0.25, 0.3) is 11.4 Å². The van der Waals surface area contributed by atoms with Gasteiger partial charge in [-0.05, 0) is 12.5 Å². The number of anilines is 2. The molecule has 1 aromatic heterocycles. The normalized spacial score (nSPS) is 10.4. The Bertz CT molecular complexity index is 1050. The predicted octanol–water partition coefficient (Wildman–Crippen LogP) is 2.77. The third kappa shape index (κ3) is 8.25. The first-order valence-corrected chi connectivity index (χ1v) is 11.0. The Balaban J connectivity index is 1.56. The second kappa shape index (κ2) is 12.2. The summed E-state index contributed by atoms with van der Waals surface area (Å²) in [6, 6.07) is 19.5. The predicted molar refractivity (Wildman–Crippen MR) is 131 cm³/mol. The van der Waals surface area contributed by atoms with Gasteiger partial charge in [0, 0.05) is 44.7 Å². The molecule has 4 N–H and O–H groups in total. The summed E-state index contributed by atoms with van der Waals surface area (Å²) >= 11 is 0. The average molecular weight is 447 g/mol. The van der Waals surface area contributed by atoms with Gasteiger partial charge in [-0.3, -0.25) is 9.59 Å². The first-order valence-electron chi connectivity index (χ1n) is 11.0. The van der Waals surface area contributed by atoms with Gasteiger partial charge in [-0.2, -0.15) is 0 Å². The fourth-order valence-corrected chi connectivity index (χ4v) is 3.12. The van der Waals surface area contributed by atoms with Crippen LogP contribution >= 0.6 is 0 Å². The quantitative estimate of drug-likeness (QED) is 0.337. The Labute approximate surface area is 194 Å². The number of hydrogen-bond donors (Lipinski definition) is 4. The van der Waals surface area contributed by atoms with Gasteiger partial charge < -0.3 is 21.3 Å². The lowest BCUT2D eigenvalue weighted by Crippen LogP contribution is -2.30. The standard InChI is InChI=1S/C25H30N6O2/c1-18-8-10-20(11-9-18)16-24(33)29-15-14-28-23-17-22(27-13-12-26-19(2)32)30-25(31-23)21-6-4-3-5-7-21/h3-11,17H,12-16H2,1-2H3,(H,26,32)(H,29,33)(H2,27,28,30,31). The second-order valence-electron chi connectivity index (χ2n) is 7.68. The number of aromatic nitrogens is 2. The topological polar surface area (TPSA) is 108 Å². The molecule has 33 heavy (non-hydrogen) atoms. The lowest BCUT2D eigenvalue weighted by atomic mass is 10.1. The van der Waals surface area contributed by atoms with Crippen molar-refractivity contribution >= 4 is 23.5 Å². The summed E-state index contributed by atoms with van der Waals surface area (Å²) in [5.41, 5.74) is 3.06. The van der Waals surface area contributed by atoms with E-state index in [-0.39, 0.29) is 11.8 Å². The molecule has 8 heteroatoms. The SMILES string of the molecule is CC(=O)NCCNc1cc(NCCNC(=O)Cc2ccc(C)cc2)nc(-c2ccccc2)n1. The van der Waals surface area contributed by atoms with Crippen molar-refractivity contribution in [3.8, 4) is 11.4 Å². The molecule has 0 aliphatic heterocycles. The van der Waals surface area contributed by atoms with E-state index in [2.05, 4.69) is 31.2 Å². The minimum atomic E-state index is -0.0729.